The summed E-state index contributed by atoms with van der Waals surface area (Å²) in [5.41, 5.74) is 2.60. The van der Waals surface area contributed by atoms with E-state index in [1.54, 1.807) is 29.2 Å². The summed E-state index contributed by atoms with van der Waals surface area (Å²) in [5.74, 6) is 0.196. The number of anilines is 1. The van der Waals surface area contributed by atoms with Crippen molar-refractivity contribution in [1.29, 1.82) is 0 Å². The highest BCUT2D eigenvalue weighted by atomic mass is 16.6. The lowest BCUT2D eigenvalue weighted by Gasteiger charge is -2.22. The van der Waals surface area contributed by atoms with Gasteiger partial charge >= 0.3 is 6.09 Å². The van der Waals surface area contributed by atoms with Gasteiger partial charge in [-0.15, -0.1) is 0 Å². The highest BCUT2D eigenvalue weighted by molar-refractivity contribution is 5.87. The van der Waals surface area contributed by atoms with Gasteiger partial charge in [0.2, 0.25) is 0 Å². The van der Waals surface area contributed by atoms with E-state index in [-0.39, 0.29) is 12.4 Å². The summed E-state index contributed by atoms with van der Waals surface area (Å²) in [6, 6.07) is 25.8. The van der Waals surface area contributed by atoms with Gasteiger partial charge in [0.1, 0.15) is 12.4 Å². The number of nitrogens with zero attached hydrogens (tertiary/aromatic N) is 1. The van der Waals surface area contributed by atoms with Crippen LogP contribution in [0.25, 0.3) is 0 Å². The molecule has 1 N–H and O–H groups in total. The van der Waals surface area contributed by atoms with E-state index in [9.17, 15) is 9.90 Å². The molecular weight excluding hydrogens is 314 g/mol. The van der Waals surface area contributed by atoms with E-state index in [4.69, 9.17) is 4.74 Å². The minimum atomic E-state index is -0.414. The zero-order chi connectivity index (χ0) is 17.5. The Morgan fingerprint density at radius 2 is 1.40 bits per heavy atom. The molecule has 4 heteroatoms. The Morgan fingerprint density at radius 3 is 2.04 bits per heavy atom. The van der Waals surface area contributed by atoms with E-state index in [0.717, 1.165) is 16.8 Å². The standard InChI is InChI=1S/C21H19NO3/c23-20-13-11-17(12-14-20)15-22(19-9-5-2-6-10-19)21(24)25-16-18-7-3-1-4-8-18/h1-14,23H,15-16H2. The number of para-hydroxylation sites is 1. The molecule has 3 rings (SSSR count). The van der Waals surface area contributed by atoms with E-state index in [1.807, 2.05) is 60.7 Å². The summed E-state index contributed by atoms with van der Waals surface area (Å²) in [4.78, 5) is 14.2. The molecule has 0 saturated carbocycles. The number of phenols is 1. The maximum Gasteiger partial charge on any atom is 0.414 e. The van der Waals surface area contributed by atoms with Gasteiger partial charge in [0, 0.05) is 5.69 Å². The number of ether oxygens (including phenoxy) is 1. The highest BCUT2D eigenvalue weighted by Gasteiger charge is 2.17. The number of rotatable bonds is 5. The predicted octanol–water partition coefficient (Wildman–Crippen LogP) is 4.74. The lowest BCUT2D eigenvalue weighted by atomic mass is 10.2. The van der Waals surface area contributed by atoms with Crippen LogP contribution in [0.5, 0.6) is 5.75 Å². The maximum absolute atomic E-state index is 12.6. The normalized spacial score (nSPS) is 10.2. The molecule has 0 bridgehead atoms. The zero-order valence-electron chi connectivity index (χ0n) is 13.7. The molecule has 0 atom stereocenters. The first-order chi connectivity index (χ1) is 12.2. The van der Waals surface area contributed by atoms with Gasteiger partial charge in [-0.25, -0.2) is 4.79 Å². The molecule has 0 heterocycles. The number of hydrogen-bond donors (Lipinski definition) is 1. The van der Waals surface area contributed by atoms with E-state index < -0.39 is 6.09 Å². The van der Waals surface area contributed by atoms with Gasteiger partial charge in [-0.3, -0.25) is 4.90 Å². The van der Waals surface area contributed by atoms with Crippen LogP contribution in [0.2, 0.25) is 0 Å². The number of phenolic OH excluding ortho intramolecular Hbond substituents is 1. The summed E-state index contributed by atoms with van der Waals surface area (Å²) in [6.45, 7) is 0.580. The molecule has 0 aliphatic rings. The van der Waals surface area contributed by atoms with Gasteiger partial charge in [-0.2, -0.15) is 0 Å². The number of benzene rings is 3. The summed E-state index contributed by atoms with van der Waals surface area (Å²) in [5, 5.41) is 9.42. The van der Waals surface area contributed by atoms with Crippen LogP contribution < -0.4 is 4.90 Å². The van der Waals surface area contributed by atoms with E-state index in [1.165, 1.54) is 0 Å². The van der Waals surface area contributed by atoms with Gasteiger partial charge < -0.3 is 9.84 Å². The third-order valence-corrected chi connectivity index (χ3v) is 3.77. The summed E-state index contributed by atoms with van der Waals surface area (Å²) in [6.07, 6.45) is -0.414. The molecule has 1 amide bonds. The Bertz CT molecular complexity index is 802. The molecule has 0 radical (unpaired) electrons. The monoisotopic (exact) mass is 333 g/mol. The van der Waals surface area contributed by atoms with Crippen molar-refractivity contribution in [3.63, 3.8) is 0 Å². The molecular formula is C21H19NO3. The van der Waals surface area contributed by atoms with E-state index in [0.29, 0.717) is 6.54 Å². The van der Waals surface area contributed by atoms with Crippen molar-refractivity contribution >= 4 is 11.8 Å². The van der Waals surface area contributed by atoms with Crippen molar-refractivity contribution in [3.05, 3.63) is 96.1 Å². The molecule has 0 saturated heterocycles. The van der Waals surface area contributed by atoms with Crippen molar-refractivity contribution in [2.45, 2.75) is 13.2 Å². The zero-order valence-corrected chi connectivity index (χ0v) is 13.7. The molecule has 0 aromatic heterocycles. The van der Waals surface area contributed by atoms with Crippen LogP contribution in [0.1, 0.15) is 11.1 Å². The molecule has 0 aliphatic heterocycles. The fraction of sp³-hybridized carbons (Fsp3) is 0.0952. The van der Waals surface area contributed by atoms with Crippen LogP contribution in [0.15, 0.2) is 84.9 Å². The average molecular weight is 333 g/mol. The van der Waals surface area contributed by atoms with Gasteiger partial charge in [-0.05, 0) is 35.4 Å². The Morgan fingerprint density at radius 1 is 0.800 bits per heavy atom. The minimum absolute atomic E-state index is 0.196. The number of aromatic hydroxyl groups is 1. The Kier molecular flexibility index (Phi) is 5.32. The third kappa shape index (κ3) is 4.61. The van der Waals surface area contributed by atoms with Gasteiger partial charge in [0.15, 0.2) is 0 Å². The van der Waals surface area contributed by atoms with Gasteiger partial charge in [0.05, 0.1) is 6.54 Å². The second kappa shape index (κ2) is 8.02. The molecule has 3 aromatic rings. The average Bonchev–Trinajstić information content (AvgIpc) is 2.67. The second-order valence-electron chi connectivity index (χ2n) is 5.63. The Balaban J connectivity index is 1.76. The fourth-order valence-electron chi connectivity index (χ4n) is 2.45. The summed E-state index contributed by atoms with van der Waals surface area (Å²) >= 11 is 0. The molecule has 126 valence electrons. The van der Waals surface area contributed by atoms with Crippen LogP contribution in [0, 0.1) is 0 Å². The molecule has 0 fully saturated rings. The van der Waals surface area contributed by atoms with Gasteiger partial charge in [-0.1, -0.05) is 60.7 Å². The van der Waals surface area contributed by atoms with Crippen LogP contribution in [-0.2, 0) is 17.9 Å². The first kappa shape index (κ1) is 16.6. The third-order valence-electron chi connectivity index (χ3n) is 3.77. The van der Waals surface area contributed by atoms with Crippen LogP contribution in [0.4, 0.5) is 10.5 Å². The molecule has 3 aromatic carbocycles. The fourth-order valence-corrected chi connectivity index (χ4v) is 2.45. The smallest absolute Gasteiger partial charge is 0.414 e. The largest absolute Gasteiger partial charge is 0.508 e. The van der Waals surface area contributed by atoms with E-state index in [2.05, 4.69) is 0 Å². The molecule has 25 heavy (non-hydrogen) atoms. The van der Waals surface area contributed by atoms with Crippen molar-refractivity contribution in [2.24, 2.45) is 0 Å². The van der Waals surface area contributed by atoms with Crippen molar-refractivity contribution in [1.82, 2.24) is 0 Å². The predicted molar refractivity (Wildman–Crippen MR) is 97.4 cm³/mol. The number of carbonyl (C=O) groups excluding carboxylic acids is 1. The number of amides is 1. The van der Waals surface area contributed by atoms with Crippen molar-refractivity contribution < 1.29 is 14.6 Å². The molecule has 0 aliphatic carbocycles. The highest BCUT2D eigenvalue weighted by Crippen LogP contribution is 2.20. The Labute approximate surface area is 146 Å². The molecule has 4 nitrogen and oxygen atoms in total. The first-order valence-electron chi connectivity index (χ1n) is 8.03. The summed E-state index contributed by atoms with van der Waals surface area (Å²) in [7, 11) is 0. The lowest BCUT2D eigenvalue weighted by Crippen LogP contribution is -2.30. The second-order valence-corrected chi connectivity index (χ2v) is 5.63. The summed E-state index contributed by atoms with van der Waals surface area (Å²) < 4.78 is 5.48. The number of hydrogen-bond acceptors (Lipinski definition) is 3. The first-order valence-corrected chi connectivity index (χ1v) is 8.03. The number of carbonyl (C=O) groups is 1. The van der Waals surface area contributed by atoms with E-state index >= 15 is 0 Å². The Hall–Kier alpha value is -3.27. The SMILES string of the molecule is O=C(OCc1ccccc1)N(Cc1ccc(O)cc1)c1ccccc1. The van der Waals surface area contributed by atoms with Crippen LogP contribution in [-0.4, -0.2) is 11.2 Å². The molecule has 0 unspecified atom stereocenters. The maximum atomic E-state index is 12.6. The van der Waals surface area contributed by atoms with Gasteiger partial charge in [0.25, 0.3) is 0 Å². The lowest BCUT2D eigenvalue weighted by molar-refractivity contribution is 0.146. The minimum Gasteiger partial charge on any atom is -0.508 e. The van der Waals surface area contributed by atoms with Crippen LogP contribution in [0.3, 0.4) is 0 Å². The van der Waals surface area contributed by atoms with Crippen molar-refractivity contribution in [2.75, 3.05) is 4.90 Å². The van der Waals surface area contributed by atoms with Crippen molar-refractivity contribution in [3.8, 4) is 5.75 Å². The topological polar surface area (TPSA) is 49.8 Å². The van der Waals surface area contributed by atoms with Crippen LogP contribution >= 0.6 is 0 Å². The quantitative estimate of drug-likeness (QED) is 0.734. The molecule has 0 spiro atoms.